The number of hydrogen-bond donors (Lipinski definition) is 0. The summed E-state index contributed by atoms with van der Waals surface area (Å²) < 4.78 is 0. The van der Waals surface area contributed by atoms with E-state index in [0.717, 1.165) is 6.42 Å². The minimum atomic E-state index is 0.526. The summed E-state index contributed by atoms with van der Waals surface area (Å²) in [6.45, 7) is 16.2. The molecule has 0 N–H and O–H groups in total. The second-order valence-corrected chi connectivity index (χ2v) is 9.54. The van der Waals surface area contributed by atoms with Gasteiger partial charge in [0.2, 0.25) is 0 Å². The molecule has 2 aromatic carbocycles. The Balaban J connectivity index is 2.21. The minimum absolute atomic E-state index is 0.526. The van der Waals surface area contributed by atoms with Crippen LogP contribution in [-0.4, -0.2) is 0 Å². The average Bonchev–Trinajstić information content (AvgIpc) is 3.07. The van der Waals surface area contributed by atoms with E-state index in [1.54, 1.807) is 5.57 Å². The fraction of sp³-hybridized carbons (Fsp3) is 0.500. The van der Waals surface area contributed by atoms with Gasteiger partial charge >= 0.3 is 0 Å². The fourth-order valence-corrected chi connectivity index (χ4v) is 4.35. The summed E-state index contributed by atoms with van der Waals surface area (Å²) in [5, 5.41) is 0. The summed E-state index contributed by atoms with van der Waals surface area (Å²) >= 11 is 0. The third kappa shape index (κ3) is 4.27. The molecule has 28 heavy (non-hydrogen) atoms. The second kappa shape index (κ2) is 8.68. The van der Waals surface area contributed by atoms with Crippen molar-refractivity contribution in [2.24, 2.45) is 0 Å². The summed E-state index contributed by atoms with van der Waals surface area (Å²) in [6.07, 6.45) is 7.47. The van der Waals surface area contributed by atoms with Crippen LogP contribution in [0.2, 0.25) is 0 Å². The van der Waals surface area contributed by atoms with E-state index in [4.69, 9.17) is 0 Å². The first kappa shape index (κ1) is 20.9. The Morgan fingerprint density at radius 3 is 2.00 bits per heavy atom. The van der Waals surface area contributed by atoms with Crippen LogP contribution in [0.4, 0.5) is 0 Å². The first-order valence-electron chi connectivity index (χ1n) is 11.3. The van der Waals surface area contributed by atoms with Crippen LogP contribution in [0.25, 0.3) is 17.2 Å². The lowest BCUT2D eigenvalue weighted by Crippen LogP contribution is -2.00. The van der Waals surface area contributed by atoms with Gasteiger partial charge in [-0.3, -0.25) is 0 Å². The number of hydrogen-bond acceptors (Lipinski definition) is 0. The molecule has 0 saturated heterocycles. The van der Waals surface area contributed by atoms with Crippen molar-refractivity contribution >= 4 is 6.08 Å². The largest absolute Gasteiger partial charge is 0.0654 e. The molecule has 0 fully saturated rings. The number of rotatable bonds is 7. The summed E-state index contributed by atoms with van der Waals surface area (Å²) in [5.41, 5.74) is 11.9. The first-order valence-corrected chi connectivity index (χ1v) is 11.3. The molecule has 0 bridgehead atoms. The molecular formula is C28H38. The fourth-order valence-electron chi connectivity index (χ4n) is 4.35. The second-order valence-electron chi connectivity index (χ2n) is 9.54. The van der Waals surface area contributed by atoms with Crippen molar-refractivity contribution < 1.29 is 0 Å². The van der Waals surface area contributed by atoms with E-state index in [1.807, 2.05) is 0 Å². The quantitative estimate of drug-likeness (QED) is 0.454. The zero-order valence-electron chi connectivity index (χ0n) is 19.0. The van der Waals surface area contributed by atoms with Gasteiger partial charge in [-0.25, -0.2) is 0 Å². The van der Waals surface area contributed by atoms with Crippen LogP contribution in [0.3, 0.4) is 0 Å². The van der Waals surface area contributed by atoms with Crippen LogP contribution in [0, 0.1) is 0 Å². The summed E-state index contributed by atoms with van der Waals surface area (Å²) in [6, 6.07) is 12.1. The maximum atomic E-state index is 2.52. The molecule has 0 heteroatoms. The van der Waals surface area contributed by atoms with E-state index < -0.39 is 0 Å². The molecule has 0 heterocycles. The van der Waals surface area contributed by atoms with E-state index in [1.165, 1.54) is 58.2 Å². The zero-order chi connectivity index (χ0) is 20.4. The molecule has 0 atom stereocenters. The molecule has 0 radical (unpaired) electrons. The Bertz CT molecular complexity index is 836. The van der Waals surface area contributed by atoms with Gasteiger partial charge in [0.15, 0.2) is 0 Å². The van der Waals surface area contributed by atoms with Gasteiger partial charge in [-0.1, -0.05) is 96.9 Å². The predicted molar refractivity (Wildman–Crippen MR) is 125 cm³/mol. The maximum Gasteiger partial charge on any atom is -0.00576 e. The van der Waals surface area contributed by atoms with Crippen LogP contribution >= 0.6 is 0 Å². The summed E-state index contributed by atoms with van der Waals surface area (Å²) in [5.74, 6) is 1.62. The Hall–Kier alpha value is -1.82. The van der Waals surface area contributed by atoms with Crippen LogP contribution in [0.5, 0.6) is 0 Å². The van der Waals surface area contributed by atoms with Crippen molar-refractivity contribution in [2.75, 3.05) is 0 Å². The van der Waals surface area contributed by atoms with Crippen molar-refractivity contribution in [3.05, 3.63) is 63.7 Å². The molecular weight excluding hydrogens is 336 g/mol. The van der Waals surface area contributed by atoms with Crippen molar-refractivity contribution in [3.63, 3.8) is 0 Å². The Morgan fingerprint density at radius 2 is 1.46 bits per heavy atom. The van der Waals surface area contributed by atoms with Crippen LogP contribution in [-0.2, 0) is 6.42 Å². The average molecular weight is 375 g/mol. The van der Waals surface area contributed by atoms with Gasteiger partial charge in [-0.05, 0) is 76.0 Å². The molecule has 1 aliphatic rings. The maximum absolute atomic E-state index is 2.52. The first-order chi connectivity index (χ1) is 13.3. The standard InChI is InChI=1S/C28H38/c1-8-9-10-21-13-22-11-12-26(20(6)7)28(27(22)14-21)25-16-23(18(2)3)15-24(17-25)19(4)5/h11-12,14-20H,8-10,13H2,1-7H3. The summed E-state index contributed by atoms with van der Waals surface area (Å²) in [7, 11) is 0. The monoisotopic (exact) mass is 374 g/mol. The van der Waals surface area contributed by atoms with E-state index in [-0.39, 0.29) is 0 Å². The molecule has 0 aromatic heterocycles. The lowest BCUT2D eigenvalue weighted by atomic mass is 9.84. The van der Waals surface area contributed by atoms with Crippen LogP contribution in [0.15, 0.2) is 35.9 Å². The Morgan fingerprint density at radius 1 is 0.821 bits per heavy atom. The van der Waals surface area contributed by atoms with E-state index in [2.05, 4.69) is 84.9 Å². The Kier molecular flexibility index (Phi) is 6.48. The lowest BCUT2D eigenvalue weighted by molar-refractivity contribution is 0.779. The van der Waals surface area contributed by atoms with E-state index in [0.29, 0.717) is 17.8 Å². The van der Waals surface area contributed by atoms with Crippen LogP contribution < -0.4 is 0 Å². The highest BCUT2D eigenvalue weighted by Crippen LogP contribution is 2.41. The molecule has 150 valence electrons. The molecule has 2 aromatic rings. The minimum Gasteiger partial charge on any atom is -0.0654 e. The van der Waals surface area contributed by atoms with Gasteiger partial charge in [0.05, 0.1) is 0 Å². The van der Waals surface area contributed by atoms with Crippen molar-refractivity contribution in [3.8, 4) is 11.1 Å². The third-order valence-corrected chi connectivity index (χ3v) is 6.21. The van der Waals surface area contributed by atoms with E-state index in [9.17, 15) is 0 Å². The molecule has 0 amide bonds. The lowest BCUT2D eigenvalue weighted by Gasteiger charge is -2.20. The molecule has 0 unspecified atom stereocenters. The smallest absolute Gasteiger partial charge is 0.00576 e. The number of fused-ring (bicyclic) bond motifs is 1. The van der Waals surface area contributed by atoms with Gasteiger partial charge in [0.25, 0.3) is 0 Å². The number of benzene rings is 2. The predicted octanol–water partition coefficient (Wildman–Crippen LogP) is 8.85. The zero-order valence-corrected chi connectivity index (χ0v) is 19.0. The molecule has 0 saturated carbocycles. The molecule has 1 aliphatic carbocycles. The van der Waals surface area contributed by atoms with Crippen LogP contribution in [0.1, 0.15) is 113 Å². The van der Waals surface area contributed by atoms with Gasteiger partial charge in [-0.2, -0.15) is 0 Å². The van der Waals surface area contributed by atoms with Gasteiger partial charge in [0.1, 0.15) is 0 Å². The van der Waals surface area contributed by atoms with E-state index >= 15 is 0 Å². The topological polar surface area (TPSA) is 0 Å². The highest BCUT2D eigenvalue weighted by Gasteiger charge is 2.22. The van der Waals surface area contributed by atoms with Gasteiger partial charge < -0.3 is 0 Å². The molecule has 0 nitrogen and oxygen atoms in total. The van der Waals surface area contributed by atoms with Crippen molar-refractivity contribution in [1.82, 2.24) is 0 Å². The SMILES string of the molecule is CCCCC1=Cc2c(ccc(C(C)C)c2-c2cc(C(C)C)cc(C(C)C)c2)C1. The normalized spacial score (nSPS) is 13.6. The molecule has 0 spiro atoms. The van der Waals surface area contributed by atoms with Gasteiger partial charge in [0, 0.05) is 0 Å². The van der Waals surface area contributed by atoms with Gasteiger partial charge in [-0.15, -0.1) is 0 Å². The highest BCUT2D eigenvalue weighted by atomic mass is 14.3. The summed E-state index contributed by atoms with van der Waals surface area (Å²) in [4.78, 5) is 0. The van der Waals surface area contributed by atoms with Crippen molar-refractivity contribution in [1.29, 1.82) is 0 Å². The highest BCUT2D eigenvalue weighted by molar-refractivity contribution is 5.84. The third-order valence-electron chi connectivity index (χ3n) is 6.21. The van der Waals surface area contributed by atoms with Crippen molar-refractivity contribution in [2.45, 2.75) is 91.9 Å². The number of allylic oxidation sites excluding steroid dienone is 1. The number of unbranched alkanes of at least 4 members (excludes halogenated alkanes) is 1. The molecule has 3 rings (SSSR count). The Labute approximate surface area is 173 Å². The molecule has 0 aliphatic heterocycles.